The summed E-state index contributed by atoms with van der Waals surface area (Å²) < 4.78 is 5.53. The summed E-state index contributed by atoms with van der Waals surface area (Å²) in [6.45, 7) is 5.11. The van der Waals surface area contributed by atoms with Crippen LogP contribution in [0.25, 0.3) is 0 Å². The topological polar surface area (TPSA) is 21.3 Å². The molecule has 3 rings (SSSR count). The van der Waals surface area contributed by atoms with Crippen LogP contribution in [-0.4, -0.2) is 6.61 Å². The van der Waals surface area contributed by atoms with E-state index < -0.39 is 0 Å². The van der Waals surface area contributed by atoms with Gasteiger partial charge in [-0.1, -0.05) is 29.8 Å². The minimum atomic E-state index is 0.306. The summed E-state index contributed by atoms with van der Waals surface area (Å²) in [5.74, 6) is 1.04. The van der Waals surface area contributed by atoms with E-state index in [1.54, 1.807) is 0 Å². The smallest absolute Gasteiger partial charge is 0.122 e. The molecule has 2 heteroatoms. The molecule has 0 aromatic heterocycles. The summed E-state index contributed by atoms with van der Waals surface area (Å²) in [7, 11) is 0. The van der Waals surface area contributed by atoms with E-state index in [4.69, 9.17) is 4.74 Å². The van der Waals surface area contributed by atoms with E-state index in [9.17, 15) is 0 Å². The average Bonchev–Trinajstić information content (AvgIpc) is 2.87. The highest BCUT2D eigenvalue weighted by Crippen LogP contribution is 2.29. The van der Waals surface area contributed by atoms with Crippen LogP contribution in [0.1, 0.15) is 29.7 Å². The third-order valence-corrected chi connectivity index (χ3v) is 3.65. The van der Waals surface area contributed by atoms with Crippen LogP contribution in [-0.2, 0) is 6.42 Å². The summed E-state index contributed by atoms with van der Waals surface area (Å²) in [5, 5.41) is 3.55. The van der Waals surface area contributed by atoms with Gasteiger partial charge in [-0.15, -0.1) is 0 Å². The van der Waals surface area contributed by atoms with Crippen molar-refractivity contribution in [2.75, 3.05) is 11.9 Å². The van der Waals surface area contributed by atoms with Gasteiger partial charge in [0.05, 0.1) is 6.61 Å². The lowest BCUT2D eigenvalue weighted by molar-refractivity contribution is 0.357. The predicted octanol–water partition coefficient (Wildman–Crippen LogP) is 4.10. The van der Waals surface area contributed by atoms with E-state index >= 15 is 0 Å². The van der Waals surface area contributed by atoms with Crippen molar-refractivity contribution in [2.45, 2.75) is 26.3 Å². The van der Waals surface area contributed by atoms with Gasteiger partial charge in [-0.05, 0) is 43.2 Å². The van der Waals surface area contributed by atoms with Gasteiger partial charge >= 0.3 is 0 Å². The molecule has 0 saturated carbocycles. The molecule has 1 N–H and O–H groups in total. The maximum Gasteiger partial charge on any atom is 0.122 e. The Kier molecular flexibility index (Phi) is 3.16. The molecule has 0 amide bonds. The monoisotopic (exact) mass is 253 g/mol. The number of nitrogens with one attached hydrogen (secondary N) is 1. The van der Waals surface area contributed by atoms with Crippen LogP contribution in [0, 0.1) is 6.92 Å². The molecule has 1 unspecified atom stereocenters. The third kappa shape index (κ3) is 2.58. The normalized spacial score (nSPS) is 14.6. The first-order valence-electron chi connectivity index (χ1n) is 6.81. The Labute approximate surface area is 114 Å². The van der Waals surface area contributed by atoms with Crippen molar-refractivity contribution < 1.29 is 4.74 Å². The molecule has 0 saturated heterocycles. The molecule has 98 valence electrons. The average molecular weight is 253 g/mol. The Bertz CT molecular complexity index is 574. The summed E-state index contributed by atoms with van der Waals surface area (Å²) in [4.78, 5) is 0. The van der Waals surface area contributed by atoms with Crippen molar-refractivity contribution in [2.24, 2.45) is 0 Å². The van der Waals surface area contributed by atoms with Gasteiger partial charge in [0.1, 0.15) is 5.75 Å². The van der Waals surface area contributed by atoms with E-state index in [1.807, 2.05) is 0 Å². The van der Waals surface area contributed by atoms with Crippen LogP contribution in [0.2, 0.25) is 0 Å². The van der Waals surface area contributed by atoms with E-state index in [0.717, 1.165) is 24.5 Å². The SMILES string of the molecule is Cc1ccc(C(C)Nc2ccc3c(c2)CCO3)cc1. The summed E-state index contributed by atoms with van der Waals surface area (Å²) in [6, 6.07) is 15.3. The first-order chi connectivity index (χ1) is 9.22. The first kappa shape index (κ1) is 12.1. The largest absolute Gasteiger partial charge is 0.493 e. The predicted molar refractivity (Wildman–Crippen MR) is 78.9 cm³/mol. The fourth-order valence-electron chi connectivity index (χ4n) is 2.46. The number of benzene rings is 2. The lowest BCUT2D eigenvalue weighted by atomic mass is 10.1. The molecule has 2 nitrogen and oxygen atoms in total. The zero-order valence-corrected chi connectivity index (χ0v) is 11.4. The number of fused-ring (bicyclic) bond motifs is 1. The Hall–Kier alpha value is -1.96. The molecule has 0 aliphatic carbocycles. The zero-order chi connectivity index (χ0) is 13.2. The number of hydrogen-bond donors (Lipinski definition) is 1. The van der Waals surface area contributed by atoms with Gasteiger partial charge in [0.2, 0.25) is 0 Å². The summed E-state index contributed by atoms with van der Waals surface area (Å²) in [5.41, 5.74) is 5.08. The number of ether oxygens (including phenoxy) is 1. The molecule has 0 fully saturated rings. The highest BCUT2D eigenvalue weighted by Gasteiger charge is 2.13. The molecular weight excluding hydrogens is 234 g/mol. The molecule has 1 heterocycles. The van der Waals surface area contributed by atoms with E-state index in [0.29, 0.717) is 6.04 Å². The summed E-state index contributed by atoms with van der Waals surface area (Å²) in [6.07, 6.45) is 1.02. The maximum absolute atomic E-state index is 5.53. The van der Waals surface area contributed by atoms with Gasteiger partial charge in [-0.2, -0.15) is 0 Å². The number of rotatable bonds is 3. The second-order valence-electron chi connectivity index (χ2n) is 5.20. The lowest BCUT2D eigenvalue weighted by Gasteiger charge is -2.16. The second-order valence-corrected chi connectivity index (χ2v) is 5.20. The van der Waals surface area contributed by atoms with Crippen LogP contribution < -0.4 is 10.1 Å². The van der Waals surface area contributed by atoms with Crippen molar-refractivity contribution in [1.82, 2.24) is 0 Å². The lowest BCUT2D eigenvalue weighted by Crippen LogP contribution is -2.06. The first-order valence-corrected chi connectivity index (χ1v) is 6.81. The number of anilines is 1. The van der Waals surface area contributed by atoms with Gasteiger partial charge < -0.3 is 10.1 Å². The molecule has 19 heavy (non-hydrogen) atoms. The van der Waals surface area contributed by atoms with E-state index in [2.05, 4.69) is 61.6 Å². The van der Waals surface area contributed by atoms with Crippen molar-refractivity contribution >= 4 is 5.69 Å². The number of aryl methyl sites for hydroxylation is 1. The highest BCUT2D eigenvalue weighted by atomic mass is 16.5. The van der Waals surface area contributed by atoms with Crippen molar-refractivity contribution in [3.8, 4) is 5.75 Å². The zero-order valence-electron chi connectivity index (χ0n) is 11.4. The van der Waals surface area contributed by atoms with Crippen LogP contribution in [0.3, 0.4) is 0 Å². The Balaban J connectivity index is 1.75. The Morgan fingerprint density at radius 1 is 1.11 bits per heavy atom. The molecule has 0 radical (unpaired) electrons. The molecule has 2 aromatic rings. The molecule has 1 aliphatic heterocycles. The minimum Gasteiger partial charge on any atom is -0.493 e. The molecule has 1 atom stereocenters. The number of hydrogen-bond acceptors (Lipinski definition) is 2. The van der Waals surface area contributed by atoms with E-state index in [1.165, 1.54) is 16.7 Å². The van der Waals surface area contributed by atoms with Gasteiger partial charge in [0.25, 0.3) is 0 Å². The fourth-order valence-corrected chi connectivity index (χ4v) is 2.46. The second kappa shape index (κ2) is 4.96. The van der Waals surface area contributed by atoms with Crippen molar-refractivity contribution in [3.05, 3.63) is 59.2 Å². The molecule has 2 aromatic carbocycles. The Morgan fingerprint density at radius 2 is 1.89 bits per heavy atom. The molecule has 0 bridgehead atoms. The van der Waals surface area contributed by atoms with Gasteiger partial charge in [0, 0.05) is 18.2 Å². The molecule has 0 spiro atoms. The maximum atomic E-state index is 5.53. The van der Waals surface area contributed by atoms with Crippen LogP contribution in [0.15, 0.2) is 42.5 Å². The highest BCUT2D eigenvalue weighted by molar-refractivity contribution is 5.53. The van der Waals surface area contributed by atoms with Crippen molar-refractivity contribution in [3.63, 3.8) is 0 Å². The standard InChI is InChI=1S/C17H19NO/c1-12-3-5-14(6-4-12)13(2)18-16-7-8-17-15(11-16)9-10-19-17/h3-8,11,13,18H,9-10H2,1-2H3. The van der Waals surface area contributed by atoms with Gasteiger partial charge in [-0.3, -0.25) is 0 Å². The summed E-state index contributed by atoms with van der Waals surface area (Å²) >= 11 is 0. The third-order valence-electron chi connectivity index (χ3n) is 3.65. The van der Waals surface area contributed by atoms with E-state index in [-0.39, 0.29) is 0 Å². The minimum absolute atomic E-state index is 0.306. The van der Waals surface area contributed by atoms with Crippen LogP contribution in [0.5, 0.6) is 5.75 Å². The van der Waals surface area contributed by atoms with Crippen molar-refractivity contribution in [1.29, 1.82) is 0 Å². The quantitative estimate of drug-likeness (QED) is 0.889. The molecular formula is C17H19NO. The van der Waals surface area contributed by atoms with Crippen LogP contribution >= 0.6 is 0 Å². The van der Waals surface area contributed by atoms with Gasteiger partial charge in [-0.25, -0.2) is 0 Å². The Morgan fingerprint density at radius 3 is 2.68 bits per heavy atom. The van der Waals surface area contributed by atoms with Gasteiger partial charge in [0.15, 0.2) is 0 Å². The molecule has 1 aliphatic rings. The van der Waals surface area contributed by atoms with Crippen LogP contribution in [0.4, 0.5) is 5.69 Å². The fraction of sp³-hybridized carbons (Fsp3) is 0.294.